The van der Waals surface area contributed by atoms with Crippen LogP contribution in [0.1, 0.15) is 90.3 Å². The van der Waals surface area contributed by atoms with Gasteiger partial charge in [0.1, 0.15) is 18.0 Å². The fourth-order valence-electron chi connectivity index (χ4n) is 14.4. The number of hydrogen-bond donors (Lipinski definition) is 5. The zero-order chi connectivity index (χ0) is 52.8. The summed E-state index contributed by atoms with van der Waals surface area (Å²) in [5, 5.41) is 53.8. The molecule has 76 heavy (non-hydrogen) atoms. The summed E-state index contributed by atoms with van der Waals surface area (Å²) in [6, 6.07) is 39.8. The van der Waals surface area contributed by atoms with E-state index in [-0.39, 0.29) is 53.8 Å². The molecule has 4 aliphatic rings. The van der Waals surface area contributed by atoms with Gasteiger partial charge in [-0.3, -0.25) is 9.59 Å². The van der Waals surface area contributed by atoms with Crippen LogP contribution in [0.5, 0.6) is 28.7 Å². The Kier molecular flexibility index (Phi) is 14.2. The zero-order valence-electron chi connectivity index (χ0n) is 43.6. The summed E-state index contributed by atoms with van der Waals surface area (Å²) >= 11 is 0. The maximum atomic E-state index is 14.8. The summed E-state index contributed by atoms with van der Waals surface area (Å²) in [5.41, 5.74) is 7.54. The standard InChI is InChI=1S/C64H67NO11/c1-5-74-19-9-18-65-35-38-10-8-13-41(20-38)49-29-46(67)24-42-15-14-37(21-48(42)49)22-62(71)76-47-30-52-50-33-61(73-4)57(69)27-43(50)25-53-56(68)34-54-51-32-58(70)60(72-3)28-44(51)26-55(59(31-47)75-36(2)66)64(54,63(52)53)45-17-16-39-11-6-7-12-40(39)23-45/h6-8,10-17,20-21,23-24,27-29,32-33,47,52-56,59,63,65,67-70H,5,9,18-19,22,25-26,30-31,34-35H2,1-4H3. The molecule has 394 valence electrons. The van der Waals surface area contributed by atoms with Crippen LogP contribution in [0.2, 0.25) is 0 Å². The smallest absolute Gasteiger partial charge is 0.310 e. The number of rotatable bonds is 15. The van der Waals surface area contributed by atoms with E-state index in [0.29, 0.717) is 56.9 Å². The summed E-state index contributed by atoms with van der Waals surface area (Å²) in [7, 11) is 3.06. The fourth-order valence-corrected chi connectivity index (χ4v) is 14.4. The number of hydrogen-bond acceptors (Lipinski definition) is 12. The highest BCUT2D eigenvalue weighted by atomic mass is 16.6. The van der Waals surface area contributed by atoms with Crippen LogP contribution in [0.3, 0.4) is 0 Å². The van der Waals surface area contributed by atoms with Gasteiger partial charge in [-0.1, -0.05) is 72.8 Å². The number of ether oxygens (including phenoxy) is 5. The number of aromatic hydroxyl groups is 3. The first kappa shape index (κ1) is 51.0. The predicted octanol–water partition coefficient (Wildman–Crippen LogP) is 10.7. The monoisotopic (exact) mass is 1030 g/mol. The second-order valence-corrected chi connectivity index (χ2v) is 21.5. The van der Waals surface area contributed by atoms with Crippen LogP contribution >= 0.6 is 0 Å². The molecule has 11 rings (SSSR count). The SMILES string of the molecule is CCOCCCNCc1cccc(-c2cc(O)cc3ccc(CC(=O)OC4CC(OC(C)=O)C5Cc6cc(OC)c(O)cc6C6CC(O)C7Cc8cc(O)c(OC)cc8C(C4)C7C65c4ccc5ccccc5c4)cc23)c1. The molecule has 5 N–H and O–H groups in total. The minimum atomic E-state index is -0.804. The number of nitrogens with one attached hydrogen (secondary N) is 1. The van der Waals surface area contributed by atoms with E-state index in [2.05, 4.69) is 47.8 Å². The van der Waals surface area contributed by atoms with Gasteiger partial charge < -0.3 is 49.4 Å². The number of esters is 2. The molecule has 12 nitrogen and oxygen atoms in total. The van der Waals surface area contributed by atoms with Crippen molar-refractivity contribution in [1.29, 1.82) is 0 Å². The maximum absolute atomic E-state index is 14.8. The summed E-state index contributed by atoms with van der Waals surface area (Å²) < 4.78 is 30.3. The van der Waals surface area contributed by atoms with E-state index in [1.165, 1.54) is 21.1 Å². The molecule has 7 aromatic rings. The summed E-state index contributed by atoms with van der Waals surface area (Å²) in [4.78, 5) is 28.4. The van der Waals surface area contributed by atoms with Gasteiger partial charge in [0.25, 0.3) is 0 Å². The number of phenols is 3. The molecule has 7 aromatic carbocycles. The molecular weight excluding hydrogens is 959 g/mol. The second-order valence-electron chi connectivity index (χ2n) is 21.5. The van der Waals surface area contributed by atoms with Crippen molar-refractivity contribution >= 4 is 33.5 Å². The van der Waals surface area contributed by atoms with Crippen LogP contribution in [-0.2, 0) is 55.0 Å². The summed E-state index contributed by atoms with van der Waals surface area (Å²) in [6.07, 6.45) is 0.352. The minimum absolute atomic E-state index is 0.00677. The Hall–Kier alpha value is -7.12. The van der Waals surface area contributed by atoms with Crippen LogP contribution in [0.4, 0.5) is 0 Å². The van der Waals surface area contributed by atoms with E-state index < -0.39 is 41.6 Å². The lowest BCUT2D eigenvalue weighted by molar-refractivity contribution is -0.170. The van der Waals surface area contributed by atoms with E-state index in [0.717, 1.165) is 84.6 Å². The predicted molar refractivity (Wildman–Crippen MR) is 291 cm³/mol. The van der Waals surface area contributed by atoms with Crippen molar-refractivity contribution in [2.45, 2.75) is 101 Å². The molecule has 0 saturated heterocycles. The first-order valence-electron chi connectivity index (χ1n) is 26.8. The highest BCUT2D eigenvalue weighted by Crippen LogP contribution is 2.69. The molecule has 9 atom stereocenters. The van der Waals surface area contributed by atoms with Gasteiger partial charge in [0.15, 0.2) is 23.0 Å². The molecule has 0 aromatic heterocycles. The van der Waals surface area contributed by atoms with E-state index in [1.807, 2.05) is 67.6 Å². The van der Waals surface area contributed by atoms with Gasteiger partial charge in [0.2, 0.25) is 0 Å². The maximum Gasteiger partial charge on any atom is 0.310 e. The minimum Gasteiger partial charge on any atom is -0.508 e. The number of aliphatic hydroxyl groups excluding tert-OH is 1. The zero-order valence-corrected chi connectivity index (χ0v) is 43.6. The third kappa shape index (κ3) is 9.38. The molecule has 2 saturated carbocycles. The van der Waals surface area contributed by atoms with Gasteiger partial charge in [-0.25, -0.2) is 0 Å². The van der Waals surface area contributed by atoms with Crippen LogP contribution in [0, 0.1) is 17.8 Å². The topological polar surface area (TPSA) is 173 Å². The third-order valence-corrected chi connectivity index (χ3v) is 17.3. The Bertz CT molecular complexity index is 3330. The Morgan fingerprint density at radius 2 is 1.50 bits per heavy atom. The van der Waals surface area contributed by atoms with Crippen molar-refractivity contribution in [3.63, 3.8) is 0 Å². The average Bonchev–Trinajstić information content (AvgIpc) is 3.44. The second kappa shape index (κ2) is 21.1. The fraction of sp³-hybridized carbons (Fsp3) is 0.375. The molecule has 0 amide bonds. The first-order chi connectivity index (χ1) is 36.9. The normalized spacial score (nSPS) is 24.3. The summed E-state index contributed by atoms with van der Waals surface area (Å²) in [5.74, 6) is -1.86. The van der Waals surface area contributed by atoms with Crippen molar-refractivity contribution in [1.82, 2.24) is 5.32 Å². The number of carbonyl (C=O) groups excluding carboxylic acids is 2. The van der Waals surface area contributed by atoms with Gasteiger partial charge >= 0.3 is 11.9 Å². The molecule has 4 aliphatic carbocycles. The van der Waals surface area contributed by atoms with Gasteiger partial charge in [-0.15, -0.1) is 0 Å². The summed E-state index contributed by atoms with van der Waals surface area (Å²) in [6.45, 7) is 6.33. The van der Waals surface area contributed by atoms with Gasteiger partial charge in [-0.2, -0.15) is 0 Å². The highest BCUT2D eigenvalue weighted by molar-refractivity contribution is 5.98. The van der Waals surface area contributed by atoms with Crippen LogP contribution in [0.15, 0.2) is 121 Å². The molecular formula is C64H67NO11. The first-order valence-corrected chi connectivity index (χ1v) is 26.8. The molecule has 2 fully saturated rings. The largest absolute Gasteiger partial charge is 0.508 e. The molecule has 0 heterocycles. The van der Waals surface area contributed by atoms with E-state index in [4.69, 9.17) is 23.7 Å². The Labute approximate surface area is 443 Å². The lowest BCUT2D eigenvalue weighted by atomic mass is 9.38. The average molecular weight is 1030 g/mol. The van der Waals surface area contributed by atoms with Crippen molar-refractivity contribution in [3.8, 4) is 39.9 Å². The lowest BCUT2D eigenvalue weighted by Crippen LogP contribution is -2.65. The number of methoxy groups -OCH3 is 2. The Balaban J connectivity index is 1.00. The van der Waals surface area contributed by atoms with Crippen molar-refractivity contribution in [3.05, 3.63) is 160 Å². The van der Waals surface area contributed by atoms with Crippen molar-refractivity contribution in [2.24, 2.45) is 17.8 Å². The number of phenolic OH excluding ortho intramolecular Hbond substituents is 3. The molecule has 12 heteroatoms. The van der Waals surface area contributed by atoms with E-state index >= 15 is 0 Å². The highest BCUT2D eigenvalue weighted by Gasteiger charge is 2.67. The Morgan fingerprint density at radius 1 is 0.724 bits per heavy atom. The number of aliphatic hydroxyl groups is 1. The molecule has 0 bridgehead atoms. The van der Waals surface area contributed by atoms with Crippen molar-refractivity contribution < 1.29 is 53.7 Å². The molecule has 0 aliphatic heterocycles. The quantitative estimate of drug-likeness (QED) is 0.0487. The third-order valence-electron chi connectivity index (χ3n) is 17.3. The van der Waals surface area contributed by atoms with Crippen LogP contribution in [0.25, 0.3) is 32.7 Å². The molecule has 9 unspecified atom stereocenters. The molecule has 0 spiro atoms. The van der Waals surface area contributed by atoms with Crippen LogP contribution < -0.4 is 14.8 Å². The van der Waals surface area contributed by atoms with Gasteiger partial charge in [0.05, 0.1) is 26.7 Å². The van der Waals surface area contributed by atoms with E-state index in [9.17, 15) is 30.0 Å². The van der Waals surface area contributed by atoms with E-state index in [1.54, 1.807) is 18.2 Å². The molecule has 0 radical (unpaired) electrons. The van der Waals surface area contributed by atoms with Gasteiger partial charge in [-0.05, 0) is 189 Å². The van der Waals surface area contributed by atoms with Crippen LogP contribution in [-0.4, -0.2) is 84.7 Å². The van der Waals surface area contributed by atoms with Crippen molar-refractivity contribution in [2.75, 3.05) is 34.0 Å². The van der Waals surface area contributed by atoms with Gasteiger partial charge in [0, 0.05) is 44.4 Å². The Morgan fingerprint density at radius 3 is 2.30 bits per heavy atom. The number of carbonyl (C=O) groups is 2. The number of fused-ring (bicyclic) bond motifs is 6. The number of benzene rings is 7. The lowest BCUT2D eigenvalue weighted by Gasteiger charge is -2.66.